The second kappa shape index (κ2) is 5.44. The predicted octanol–water partition coefficient (Wildman–Crippen LogP) is 3.67. The van der Waals surface area contributed by atoms with E-state index in [4.69, 9.17) is 17.3 Å². The largest absolute Gasteiger partial charge is 0.320 e. The molecule has 21 heavy (non-hydrogen) atoms. The van der Waals surface area contributed by atoms with E-state index in [0.717, 1.165) is 26.9 Å². The van der Waals surface area contributed by atoms with Gasteiger partial charge in [0.15, 0.2) is 0 Å². The molecule has 3 rings (SSSR count). The van der Waals surface area contributed by atoms with Gasteiger partial charge in [-0.3, -0.25) is 4.79 Å². The molecule has 0 saturated heterocycles. The van der Waals surface area contributed by atoms with Gasteiger partial charge in [0.2, 0.25) is 5.91 Å². The summed E-state index contributed by atoms with van der Waals surface area (Å²) in [6.45, 7) is 0. The summed E-state index contributed by atoms with van der Waals surface area (Å²) >= 11 is 9.73. The molecular weight excluding hydrogens is 352 g/mol. The fraction of sp³-hybridized carbons (Fsp3) is 0.188. The third kappa shape index (κ3) is 2.48. The van der Waals surface area contributed by atoms with Crippen LogP contribution < -0.4 is 10.6 Å². The second-order valence-electron chi connectivity index (χ2n) is 5.14. The maximum atomic E-state index is 11.7. The lowest BCUT2D eigenvalue weighted by atomic mass is 9.97. The smallest absolute Gasteiger partial charge is 0.231 e. The summed E-state index contributed by atoms with van der Waals surface area (Å²) < 4.78 is 0.827. The Hall–Kier alpha value is -1.36. The molecule has 3 nitrogen and oxygen atoms in total. The zero-order valence-electron chi connectivity index (χ0n) is 11.4. The van der Waals surface area contributed by atoms with Gasteiger partial charge in [-0.2, -0.15) is 0 Å². The van der Waals surface area contributed by atoms with Crippen molar-refractivity contribution < 1.29 is 4.79 Å². The minimum absolute atomic E-state index is 0.108. The van der Waals surface area contributed by atoms with Crippen LogP contribution in [0.4, 0.5) is 5.69 Å². The Bertz CT molecular complexity index is 732. The van der Waals surface area contributed by atoms with Crippen LogP contribution in [-0.4, -0.2) is 13.0 Å². The van der Waals surface area contributed by atoms with Gasteiger partial charge in [0.05, 0.1) is 17.5 Å². The van der Waals surface area contributed by atoms with E-state index < -0.39 is 0 Å². The lowest BCUT2D eigenvalue weighted by Crippen LogP contribution is -2.20. The number of nitrogens with two attached hydrogens (primary N) is 1. The highest BCUT2D eigenvalue weighted by molar-refractivity contribution is 9.10. The van der Waals surface area contributed by atoms with Crippen LogP contribution >= 0.6 is 27.5 Å². The fourth-order valence-corrected chi connectivity index (χ4v) is 3.25. The normalized spacial score (nSPS) is 15.2. The Balaban J connectivity index is 2.00. The number of halogens is 2. The number of rotatable bonds is 2. The molecule has 2 aromatic rings. The third-order valence-electron chi connectivity index (χ3n) is 3.86. The van der Waals surface area contributed by atoms with E-state index in [1.165, 1.54) is 0 Å². The van der Waals surface area contributed by atoms with Gasteiger partial charge < -0.3 is 10.6 Å². The first-order chi connectivity index (χ1) is 9.99. The molecule has 1 unspecified atom stereocenters. The minimum Gasteiger partial charge on any atom is -0.320 e. The van der Waals surface area contributed by atoms with Crippen LogP contribution in [0.15, 0.2) is 40.9 Å². The van der Waals surface area contributed by atoms with E-state index in [1.54, 1.807) is 11.9 Å². The number of amides is 1. The van der Waals surface area contributed by atoms with Crippen molar-refractivity contribution in [3.05, 3.63) is 62.6 Å². The van der Waals surface area contributed by atoms with Crippen molar-refractivity contribution in [1.29, 1.82) is 0 Å². The number of fused-ring (bicyclic) bond motifs is 1. The number of nitrogens with zero attached hydrogens (tertiary/aromatic N) is 1. The zero-order valence-corrected chi connectivity index (χ0v) is 13.8. The summed E-state index contributed by atoms with van der Waals surface area (Å²) in [6.07, 6.45) is 0.429. The van der Waals surface area contributed by atoms with E-state index in [0.29, 0.717) is 11.4 Å². The Labute approximate surface area is 136 Å². The first kappa shape index (κ1) is 14.6. The van der Waals surface area contributed by atoms with E-state index in [1.807, 2.05) is 36.4 Å². The number of likely N-dealkylation sites (N-methyl/N-ethyl adjacent to an activating group) is 1. The van der Waals surface area contributed by atoms with Crippen molar-refractivity contribution in [1.82, 2.24) is 0 Å². The quantitative estimate of drug-likeness (QED) is 0.882. The first-order valence-corrected chi connectivity index (χ1v) is 7.75. The van der Waals surface area contributed by atoms with Crippen LogP contribution in [0.5, 0.6) is 0 Å². The summed E-state index contributed by atoms with van der Waals surface area (Å²) in [4.78, 5) is 13.4. The first-order valence-electron chi connectivity index (χ1n) is 6.58. The van der Waals surface area contributed by atoms with Gasteiger partial charge in [-0.25, -0.2) is 0 Å². The van der Waals surface area contributed by atoms with Crippen LogP contribution in [-0.2, 0) is 11.2 Å². The molecule has 1 aliphatic heterocycles. The molecule has 1 aliphatic rings. The highest BCUT2D eigenvalue weighted by atomic mass is 79.9. The molecule has 2 aromatic carbocycles. The standard InChI is InChI=1S/C16H14BrClN2O/c1-20-13-6-5-9(7-10(13)8-14(20)21)16(19)11-3-2-4-12(17)15(11)18/h2-7,16H,8,19H2,1H3. The maximum Gasteiger partial charge on any atom is 0.231 e. The summed E-state index contributed by atoms with van der Waals surface area (Å²) in [6, 6.07) is 11.3. The Morgan fingerprint density at radius 3 is 2.86 bits per heavy atom. The highest BCUT2D eigenvalue weighted by Crippen LogP contribution is 2.35. The number of hydrogen-bond donors (Lipinski definition) is 1. The second-order valence-corrected chi connectivity index (χ2v) is 6.37. The molecule has 0 fully saturated rings. The number of hydrogen-bond acceptors (Lipinski definition) is 2. The minimum atomic E-state index is -0.318. The van der Waals surface area contributed by atoms with Crippen molar-refractivity contribution in [3.8, 4) is 0 Å². The maximum absolute atomic E-state index is 11.7. The predicted molar refractivity (Wildman–Crippen MR) is 88.7 cm³/mol. The number of carbonyl (C=O) groups excluding carboxylic acids is 1. The number of carbonyl (C=O) groups is 1. The van der Waals surface area contributed by atoms with Crippen LogP contribution in [0.3, 0.4) is 0 Å². The molecule has 0 aliphatic carbocycles. The van der Waals surface area contributed by atoms with Gasteiger partial charge >= 0.3 is 0 Å². The van der Waals surface area contributed by atoms with Crippen LogP contribution in [0.1, 0.15) is 22.7 Å². The third-order valence-corrected chi connectivity index (χ3v) is 5.17. The lowest BCUT2D eigenvalue weighted by Gasteiger charge is -2.17. The number of anilines is 1. The molecule has 5 heteroatoms. The average Bonchev–Trinajstić information content (AvgIpc) is 2.76. The molecule has 1 atom stereocenters. The van der Waals surface area contributed by atoms with Crippen molar-refractivity contribution in [3.63, 3.8) is 0 Å². The van der Waals surface area contributed by atoms with E-state index in [-0.39, 0.29) is 11.9 Å². The molecule has 0 spiro atoms. The molecule has 1 heterocycles. The molecule has 0 radical (unpaired) electrons. The van der Waals surface area contributed by atoms with Crippen molar-refractivity contribution in [2.45, 2.75) is 12.5 Å². The van der Waals surface area contributed by atoms with E-state index in [2.05, 4.69) is 15.9 Å². The SMILES string of the molecule is CN1C(=O)Cc2cc(C(N)c3cccc(Br)c3Cl)ccc21. The molecule has 0 aromatic heterocycles. The number of benzene rings is 2. The Morgan fingerprint density at radius 2 is 2.10 bits per heavy atom. The monoisotopic (exact) mass is 364 g/mol. The molecule has 0 saturated carbocycles. The van der Waals surface area contributed by atoms with Gasteiger partial charge in [0.1, 0.15) is 0 Å². The lowest BCUT2D eigenvalue weighted by molar-refractivity contribution is -0.117. The summed E-state index contributed by atoms with van der Waals surface area (Å²) in [5, 5.41) is 0.624. The van der Waals surface area contributed by atoms with Crippen molar-refractivity contribution in [2.24, 2.45) is 5.73 Å². The molecule has 1 amide bonds. The van der Waals surface area contributed by atoms with Gasteiger partial charge in [0, 0.05) is 17.2 Å². The average molecular weight is 366 g/mol. The van der Waals surface area contributed by atoms with Gasteiger partial charge in [-0.15, -0.1) is 0 Å². The van der Waals surface area contributed by atoms with Crippen molar-refractivity contribution >= 4 is 39.1 Å². The molecular formula is C16H14BrClN2O. The van der Waals surface area contributed by atoms with E-state index in [9.17, 15) is 4.79 Å². The van der Waals surface area contributed by atoms with Gasteiger partial charge in [0.25, 0.3) is 0 Å². The van der Waals surface area contributed by atoms with Gasteiger partial charge in [-0.05, 0) is 44.8 Å². The molecule has 108 valence electrons. The van der Waals surface area contributed by atoms with Crippen LogP contribution in [0, 0.1) is 0 Å². The topological polar surface area (TPSA) is 46.3 Å². The fourth-order valence-electron chi connectivity index (χ4n) is 2.62. The molecule has 2 N–H and O–H groups in total. The summed E-state index contributed by atoms with van der Waals surface area (Å²) in [7, 11) is 1.79. The van der Waals surface area contributed by atoms with Crippen molar-refractivity contribution in [2.75, 3.05) is 11.9 Å². The Morgan fingerprint density at radius 1 is 1.33 bits per heavy atom. The zero-order chi connectivity index (χ0) is 15.1. The highest BCUT2D eigenvalue weighted by Gasteiger charge is 2.25. The van der Waals surface area contributed by atoms with Crippen LogP contribution in [0.25, 0.3) is 0 Å². The van der Waals surface area contributed by atoms with Crippen LogP contribution in [0.2, 0.25) is 5.02 Å². The van der Waals surface area contributed by atoms with Gasteiger partial charge in [-0.1, -0.05) is 35.9 Å². The summed E-state index contributed by atoms with van der Waals surface area (Å²) in [5.41, 5.74) is 10.1. The molecule has 0 bridgehead atoms. The Kier molecular flexibility index (Phi) is 3.78. The summed E-state index contributed by atoms with van der Waals surface area (Å²) in [5.74, 6) is 0.108. The van der Waals surface area contributed by atoms with E-state index >= 15 is 0 Å².